The molecule has 3 aromatic rings. The summed E-state index contributed by atoms with van der Waals surface area (Å²) < 4.78 is 2.64. The van der Waals surface area contributed by atoms with E-state index in [1.165, 1.54) is 47.8 Å². The van der Waals surface area contributed by atoms with E-state index < -0.39 is 0 Å². The number of aromatic nitrogens is 1. The van der Waals surface area contributed by atoms with Crippen LogP contribution in [0.4, 0.5) is 0 Å². The molecule has 2 nitrogen and oxygen atoms in total. The summed E-state index contributed by atoms with van der Waals surface area (Å²) in [6.07, 6.45) is 3.94. The maximum Gasteiger partial charge on any atom is 0.129 e. The minimum atomic E-state index is 0.676. The van der Waals surface area contributed by atoms with Crippen LogP contribution in [0.1, 0.15) is 41.3 Å². The lowest BCUT2D eigenvalue weighted by molar-refractivity contribution is -0.950. The lowest BCUT2D eigenvalue weighted by Crippen LogP contribution is -3.12. The Morgan fingerprint density at radius 2 is 2.00 bits per heavy atom. The minimum absolute atomic E-state index is 0.676. The highest BCUT2D eigenvalue weighted by Gasteiger charge is 2.37. The van der Waals surface area contributed by atoms with E-state index in [1.54, 1.807) is 16.2 Å². The molecule has 2 aromatic carbocycles. The monoisotopic (exact) mass is 317 g/mol. The Labute approximate surface area is 143 Å². The fourth-order valence-corrected chi connectivity index (χ4v) is 4.98. The first-order valence-corrected chi connectivity index (χ1v) is 9.31. The predicted octanol–water partition coefficient (Wildman–Crippen LogP) is 3.43. The van der Waals surface area contributed by atoms with Crippen LogP contribution in [0.15, 0.2) is 48.5 Å². The SMILES string of the molecule is Cc1ccc2c(c1)c1c3n2CC[NH+](Cc2ccccc2)[C@@H]3CCC1. The van der Waals surface area contributed by atoms with Crippen molar-refractivity contribution in [2.75, 3.05) is 6.54 Å². The summed E-state index contributed by atoms with van der Waals surface area (Å²) in [6.45, 7) is 5.78. The molecule has 1 N–H and O–H groups in total. The molecule has 2 aliphatic rings. The van der Waals surface area contributed by atoms with Gasteiger partial charge in [0.2, 0.25) is 0 Å². The molecule has 1 aliphatic heterocycles. The summed E-state index contributed by atoms with van der Waals surface area (Å²) in [5, 5.41) is 1.52. The van der Waals surface area contributed by atoms with Gasteiger partial charge in [-0.25, -0.2) is 0 Å². The van der Waals surface area contributed by atoms with E-state index >= 15 is 0 Å². The highest BCUT2D eigenvalue weighted by Crippen LogP contribution is 2.37. The van der Waals surface area contributed by atoms with E-state index in [0.29, 0.717) is 6.04 Å². The lowest BCUT2D eigenvalue weighted by atomic mass is 9.89. The zero-order valence-electron chi connectivity index (χ0n) is 14.4. The number of fused-ring (bicyclic) bond motifs is 3. The predicted molar refractivity (Wildman–Crippen MR) is 98.3 cm³/mol. The van der Waals surface area contributed by atoms with Crippen LogP contribution in [0.5, 0.6) is 0 Å². The van der Waals surface area contributed by atoms with Crippen molar-refractivity contribution in [2.45, 2.75) is 45.3 Å². The summed E-state index contributed by atoms with van der Waals surface area (Å²) in [6, 6.07) is 18.7. The van der Waals surface area contributed by atoms with E-state index in [2.05, 4.69) is 60.0 Å². The highest BCUT2D eigenvalue weighted by molar-refractivity contribution is 5.86. The van der Waals surface area contributed by atoms with Gasteiger partial charge in [-0.05, 0) is 37.5 Å². The molecule has 0 saturated heterocycles. The zero-order chi connectivity index (χ0) is 16.1. The van der Waals surface area contributed by atoms with Crippen molar-refractivity contribution in [3.8, 4) is 0 Å². The zero-order valence-corrected chi connectivity index (χ0v) is 14.4. The van der Waals surface area contributed by atoms with Gasteiger partial charge < -0.3 is 9.47 Å². The van der Waals surface area contributed by atoms with E-state index in [9.17, 15) is 0 Å². The molecule has 1 aromatic heterocycles. The van der Waals surface area contributed by atoms with E-state index in [0.717, 1.165) is 13.1 Å². The smallest absolute Gasteiger partial charge is 0.129 e. The number of benzene rings is 2. The molecular formula is C22H25N2+. The van der Waals surface area contributed by atoms with Crippen LogP contribution >= 0.6 is 0 Å². The molecule has 2 heteroatoms. The Morgan fingerprint density at radius 1 is 1.12 bits per heavy atom. The van der Waals surface area contributed by atoms with Crippen LogP contribution in [-0.2, 0) is 19.5 Å². The molecule has 1 aliphatic carbocycles. The highest BCUT2D eigenvalue weighted by atomic mass is 15.2. The van der Waals surface area contributed by atoms with Crippen molar-refractivity contribution >= 4 is 10.9 Å². The number of aryl methyl sites for hydroxylation is 2. The van der Waals surface area contributed by atoms with Gasteiger partial charge in [0.1, 0.15) is 12.6 Å². The molecule has 1 unspecified atom stereocenters. The quantitative estimate of drug-likeness (QED) is 0.742. The first kappa shape index (κ1) is 14.3. The number of quaternary nitrogens is 1. The van der Waals surface area contributed by atoms with Gasteiger partial charge in [-0.15, -0.1) is 0 Å². The molecule has 2 atom stereocenters. The normalized spacial score (nSPS) is 22.5. The number of nitrogens with zero attached hydrogens (tertiary/aromatic N) is 1. The number of hydrogen-bond donors (Lipinski definition) is 1. The summed E-state index contributed by atoms with van der Waals surface area (Å²) in [4.78, 5) is 1.76. The van der Waals surface area contributed by atoms with Gasteiger partial charge in [0.25, 0.3) is 0 Å². The molecule has 0 fully saturated rings. The minimum Gasteiger partial charge on any atom is -0.334 e. The molecule has 0 spiro atoms. The van der Waals surface area contributed by atoms with E-state index in [1.807, 2.05) is 0 Å². The van der Waals surface area contributed by atoms with Gasteiger partial charge in [-0.3, -0.25) is 0 Å². The van der Waals surface area contributed by atoms with E-state index in [4.69, 9.17) is 0 Å². The number of nitrogens with one attached hydrogen (secondary N) is 1. The fraction of sp³-hybridized carbons (Fsp3) is 0.364. The van der Waals surface area contributed by atoms with Crippen molar-refractivity contribution < 1.29 is 4.90 Å². The lowest BCUT2D eigenvalue weighted by Gasteiger charge is -2.37. The molecule has 5 rings (SSSR count). The molecule has 0 bridgehead atoms. The maximum absolute atomic E-state index is 2.64. The number of rotatable bonds is 2. The average Bonchev–Trinajstić information content (AvgIpc) is 2.93. The first-order chi connectivity index (χ1) is 11.8. The van der Waals surface area contributed by atoms with Crippen molar-refractivity contribution in [3.05, 3.63) is 70.9 Å². The third-order valence-corrected chi connectivity index (χ3v) is 6.04. The standard InChI is InChI=1S/C22H24N2/c1-16-10-11-20-19(14-16)18-8-5-9-21-22(18)24(20)13-12-23(21)15-17-6-3-2-4-7-17/h2-4,6-7,10-11,14,21H,5,8-9,12-13,15H2,1H3/p+1/t21-/m1/s1. The van der Waals surface area contributed by atoms with Crippen LogP contribution in [0.25, 0.3) is 10.9 Å². The van der Waals surface area contributed by atoms with Crippen LogP contribution in [-0.4, -0.2) is 11.1 Å². The van der Waals surface area contributed by atoms with Crippen LogP contribution in [0.2, 0.25) is 0 Å². The second-order valence-electron chi connectivity index (χ2n) is 7.55. The first-order valence-electron chi connectivity index (χ1n) is 9.31. The summed E-state index contributed by atoms with van der Waals surface area (Å²) in [5.41, 5.74) is 7.63. The van der Waals surface area contributed by atoms with Gasteiger partial charge in [0, 0.05) is 22.9 Å². The van der Waals surface area contributed by atoms with Gasteiger partial charge in [-0.2, -0.15) is 0 Å². The molecule has 2 heterocycles. The summed E-state index contributed by atoms with van der Waals surface area (Å²) in [7, 11) is 0. The molecule has 0 amide bonds. The second kappa shape index (κ2) is 5.49. The van der Waals surface area contributed by atoms with Gasteiger partial charge >= 0.3 is 0 Å². The summed E-state index contributed by atoms with van der Waals surface area (Å²) >= 11 is 0. The largest absolute Gasteiger partial charge is 0.334 e. The van der Waals surface area contributed by atoms with Crippen molar-refractivity contribution in [2.24, 2.45) is 0 Å². The Bertz CT molecular complexity index is 891. The van der Waals surface area contributed by atoms with Gasteiger partial charge in [0.05, 0.1) is 18.8 Å². The van der Waals surface area contributed by atoms with Crippen LogP contribution in [0, 0.1) is 6.92 Å². The van der Waals surface area contributed by atoms with Crippen molar-refractivity contribution in [1.82, 2.24) is 4.57 Å². The molecular weight excluding hydrogens is 292 g/mol. The topological polar surface area (TPSA) is 9.37 Å². The van der Waals surface area contributed by atoms with Crippen molar-refractivity contribution in [3.63, 3.8) is 0 Å². The molecule has 0 radical (unpaired) electrons. The fourth-order valence-electron chi connectivity index (χ4n) is 4.98. The van der Waals surface area contributed by atoms with Crippen LogP contribution < -0.4 is 4.90 Å². The maximum atomic E-state index is 2.64. The average molecular weight is 317 g/mol. The van der Waals surface area contributed by atoms with Gasteiger partial charge in [-0.1, -0.05) is 42.0 Å². The Morgan fingerprint density at radius 3 is 2.88 bits per heavy atom. The molecule has 0 saturated carbocycles. The second-order valence-corrected chi connectivity index (χ2v) is 7.55. The molecule has 24 heavy (non-hydrogen) atoms. The third kappa shape index (κ3) is 2.13. The Balaban J connectivity index is 1.60. The third-order valence-electron chi connectivity index (χ3n) is 6.04. The summed E-state index contributed by atoms with van der Waals surface area (Å²) in [5.74, 6) is 0. The Hall–Kier alpha value is -2.06. The Kier molecular flexibility index (Phi) is 3.27. The number of hydrogen-bond acceptors (Lipinski definition) is 0. The molecule has 122 valence electrons. The van der Waals surface area contributed by atoms with Crippen LogP contribution in [0.3, 0.4) is 0 Å². The van der Waals surface area contributed by atoms with Crippen molar-refractivity contribution in [1.29, 1.82) is 0 Å². The van der Waals surface area contributed by atoms with E-state index in [-0.39, 0.29) is 0 Å². The van der Waals surface area contributed by atoms with Gasteiger partial charge in [0.15, 0.2) is 0 Å².